The third kappa shape index (κ3) is 1.25. The Morgan fingerprint density at radius 1 is 1.30 bits per heavy atom. The maximum Gasteiger partial charge on any atom is 0.0733 e. The van der Waals surface area contributed by atoms with E-state index in [0.717, 1.165) is 15.8 Å². The van der Waals surface area contributed by atoms with Crippen LogP contribution in [0.1, 0.15) is 11.1 Å². The summed E-state index contributed by atoms with van der Waals surface area (Å²) in [4.78, 5) is 0. The van der Waals surface area contributed by atoms with E-state index in [4.69, 9.17) is 11.6 Å². The first-order valence-corrected chi connectivity index (χ1v) is 3.98. The van der Waals surface area contributed by atoms with Gasteiger partial charge in [-0.2, -0.15) is 0 Å². The molecule has 0 aliphatic rings. The van der Waals surface area contributed by atoms with E-state index in [1.54, 1.807) is 0 Å². The molecule has 0 bridgehead atoms. The minimum atomic E-state index is 0.816. The molecule has 0 aliphatic heterocycles. The number of hydrogen-bond donors (Lipinski definition) is 0. The highest BCUT2D eigenvalue weighted by atomic mass is 35.5. The molecule has 0 amide bonds. The number of rotatable bonds is 0. The fourth-order valence-electron chi connectivity index (χ4n) is 0.782. The Morgan fingerprint density at radius 2 is 1.90 bits per heavy atom. The van der Waals surface area contributed by atoms with Crippen molar-refractivity contribution in [3.8, 4) is 0 Å². The van der Waals surface area contributed by atoms with E-state index in [0.29, 0.717) is 0 Å². The van der Waals surface area contributed by atoms with Crippen LogP contribution in [-0.2, 0) is 0 Å². The SMILES string of the molecule is Cc1ccc([Si])c(Cl)c1C. The molecule has 0 saturated carbocycles. The van der Waals surface area contributed by atoms with Crippen LogP contribution in [0.2, 0.25) is 5.02 Å². The summed E-state index contributed by atoms with van der Waals surface area (Å²) >= 11 is 5.93. The number of hydrogen-bond acceptors (Lipinski definition) is 0. The fraction of sp³-hybridized carbons (Fsp3) is 0.250. The summed E-state index contributed by atoms with van der Waals surface area (Å²) in [7, 11) is 3.40. The molecule has 0 atom stereocenters. The van der Waals surface area contributed by atoms with Crippen LogP contribution in [0.15, 0.2) is 12.1 Å². The summed E-state index contributed by atoms with van der Waals surface area (Å²) < 4.78 is 0. The second kappa shape index (κ2) is 2.77. The number of benzene rings is 1. The highest BCUT2D eigenvalue weighted by Gasteiger charge is 1.99. The monoisotopic (exact) mass is 167 g/mol. The second-order valence-corrected chi connectivity index (χ2v) is 3.29. The second-order valence-electron chi connectivity index (χ2n) is 2.37. The molecule has 0 nitrogen and oxygen atoms in total. The van der Waals surface area contributed by atoms with Crippen molar-refractivity contribution in [1.29, 1.82) is 0 Å². The fourth-order valence-corrected chi connectivity index (χ4v) is 1.26. The zero-order chi connectivity index (χ0) is 7.72. The van der Waals surface area contributed by atoms with E-state index in [2.05, 4.69) is 10.2 Å². The zero-order valence-electron chi connectivity index (χ0n) is 6.03. The van der Waals surface area contributed by atoms with Gasteiger partial charge >= 0.3 is 0 Å². The molecule has 3 radical (unpaired) electrons. The molecule has 1 rings (SSSR count). The highest BCUT2D eigenvalue weighted by molar-refractivity contribution is 6.45. The van der Waals surface area contributed by atoms with E-state index in [-0.39, 0.29) is 0 Å². The van der Waals surface area contributed by atoms with Gasteiger partial charge in [-0.25, -0.2) is 0 Å². The maximum atomic E-state index is 5.93. The first kappa shape index (κ1) is 7.83. The number of aryl methyl sites for hydroxylation is 1. The third-order valence-corrected chi connectivity index (χ3v) is 2.72. The zero-order valence-corrected chi connectivity index (χ0v) is 7.79. The van der Waals surface area contributed by atoms with Crippen molar-refractivity contribution in [2.24, 2.45) is 0 Å². The smallest absolute Gasteiger partial charge is 0.0733 e. The Hall–Kier alpha value is -0.273. The lowest BCUT2D eigenvalue weighted by Gasteiger charge is -2.04. The van der Waals surface area contributed by atoms with Crippen molar-refractivity contribution in [1.82, 2.24) is 0 Å². The van der Waals surface area contributed by atoms with Crippen molar-refractivity contribution in [2.75, 3.05) is 0 Å². The summed E-state index contributed by atoms with van der Waals surface area (Å²) in [6.45, 7) is 4.06. The summed E-state index contributed by atoms with van der Waals surface area (Å²) in [6, 6.07) is 4.01. The van der Waals surface area contributed by atoms with Gasteiger partial charge in [-0.05, 0) is 30.2 Å². The van der Waals surface area contributed by atoms with Crippen LogP contribution in [0.5, 0.6) is 0 Å². The van der Waals surface area contributed by atoms with Gasteiger partial charge in [0, 0.05) is 5.02 Å². The van der Waals surface area contributed by atoms with E-state index in [1.165, 1.54) is 5.56 Å². The Balaban J connectivity index is 3.34. The Morgan fingerprint density at radius 3 is 2.40 bits per heavy atom. The quantitative estimate of drug-likeness (QED) is 0.517. The van der Waals surface area contributed by atoms with Crippen molar-refractivity contribution in [3.63, 3.8) is 0 Å². The molecule has 2 heteroatoms. The average molecular weight is 168 g/mol. The lowest BCUT2D eigenvalue weighted by molar-refractivity contribution is 1.35. The van der Waals surface area contributed by atoms with Crippen LogP contribution in [0.3, 0.4) is 0 Å². The molecule has 0 aliphatic carbocycles. The molecular formula is C8H8ClSi. The van der Waals surface area contributed by atoms with Crippen LogP contribution < -0.4 is 5.19 Å². The van der Waals surface area contributed by atoms with Crippen LogP contribution in [-0.4, -0.2) is 10.2 Å². The van der Waals surface area contributed by atoms with Gasteiger partial charge in [0.2, 0.25) is 0 Å². The van der Waals surface area contributed by atoms with Crippen molar-refractivity contribution < 1.29 is 0 Å². The molecule has 0 N–H and O–H groups in total. The molecule has 1 aromatic rings. The van der Waals surface area contributed by atoms with Crippen LogP contribution in [0.25, 0.3) is 0 Å². The largest absolute Gasteiger partial charge is 0.0842 e. The first-order chi connectivity index (χ1) is 4.63. The topological polar surface area (TPSA) is 0 Å². The Labute approximate surface area is 69.6 Å². The Kier molecular flexibility index (Phi) is 2.17. The minimum absolute atomic E-state index is 0.816. The molecule has 0 aromatic heterocycles. The third-order valence-electron chi connectivity index (χ3n) is 1.66. The summed E-state index contributed by atoms with van der Waals surface area (Å²) in [5.41, 5.74) is 2.38. The summed E-state index contributed by atoms with van der Waals surface area (Å²) in [5, 5.41) is 1.78. The normalized spacial score (nSPS) is 10.0. The minimum Gasteiger partial charge on any atom is -0.0842 e. The van der Waals surface area contributed by atoms with Gasteiger partial charge in [0.1, 0.15) is 0 Å². The first-order valence-electron chi connectivity index (χ1n) is 3.10. The van der Waals surface area contributed by atoms with Gasteiger partial charge in [-0.3, -0.25) is 0 Å². The molecule has 0 spiro atoms. The predicted molar refractivity (Wildman–Crippen MR) is 46.3 cm³/mol. The summed E-state index contributed by atoms with van der Waals surface area (Å²) in [5.74, 6) is 0. The van der Waals surface area contributed by atoms with Crippen LogP contribution in [0, 0.1) is 13.8 Å². The van der Waals surface area contributed by atoms with E-state index < -0.39 is 0 Å². The van der Waals surface area contributed by atoms with E-state index >= 15 is 0 Å². The van der Waals surface area contributed by atoms with Gasteiger partial charge in [0.15, 0.2) is 0 Å². The summed E-state index contributed by atoms with van der Waals surface area (Å²) in [6.07, 6.45) is 0. The highest BCUT2D eigenvalue weighted by Crippen LogP contribution is 2.14. The molecule has 0 saturated heterocycles. The molecule has 1 aromatic carbocycles. The van der Waals surface area contributed by atoms with Crippen molar-refractivity contribution >= 4 is 27.0 Å². The van der Waals surface area contributed by atoms with Crippen LogP contribution in [0.4, 0.5) is 0 Å². The standard InChI is InChI=1S/C8H8ClSi/c1-5-3-4-7(10)8(9)6(5)2/h3-4H,1-2H3. The van der Waals surface area contributed by atoms with Gasteiger partial charge in [-0.15, -0.1) is 0 Å². The Bertz CT molecular complexity index is 229. The molecule has 0 heterocycles. The lowest BCUT2D eigenvalue weighted by Crippen LogP contribution is -2.05. The predicted octanol–water partition coefficient (Wildman–Crippen LogP) is 1.75. The molecule has 51 valence electrons. The number of halogens is 1. The van der Waals surface area contributed by atoms with E-state index in [9.17, 15) is 0 Å². The maximum absolute atomic E-state index is 5.93. The molecule has 0 unspecified atom stereocenters. The molecule has 10 heavy (non-hydrogen) atoms. The van der Waals surface area contributed by atoms with Gasteiger partial charge < -0.3 is 0 Å². The lowest BCUT2D eigenvalue weighted by atomic mass is 10.1. The molecular weight excluding hydrogens is 160 g/mol. The van der Waals surface area contributed by atoms with E-state index in [1.807, 2.05) is 26.0 Å². The van der Waals surface area contributed by atoms with Crippen molar-refractivity contribution in [3.05, 3.63) is 28.3 Å². The van der Waals surface area contributed by atoms with Gasteiger partial charge in [0.05, 0.1) is 10.2 Å². The van der Waals surface area contributed by atoms with Gasteiger partial charge in [0.25, 0.3) is 0 Å². The van der Waals surface area contributed by atoms with Gasteiger partial charge in [-0.1, -0.05) is 23.7 Å². The average Bonchev–Trinajstić information content (AvgIpc) is 1.93. The van der Waals surface area contributed by atoms with Crippen LogP contribution >= 0.6 is 11.6 Å². The molecule has 0 fully saturated rings. The van der Waals surface area contributed by atoms with Crippen molar-refractivity contribution in [2.45, 2.75) is 13.8 Å².